The van der Waals surface area contributed by atoms with E-state index in [4.69, 9.17) is 9.72 Å². The van der Waals surface area contributed by atoms with Crippen molar-refractivity contribution in [3.63, 3.8) is 0 Å². The van der Waals surface area contributed by atoms with E-state index in [9.17, 15) is 0 Å². The molecule has 0 N–H and O–H groups in total. The third-order valence-corrected chi connectivity index (χ3v) is 4.52. The lowest BCUT2D eigenvalue weighted by molar-refractivity contribution is 0.313. The molecule has 0 unspecified atom stereocenters. The smallest absolute Gasteiger partial charge is 0.145 e. The van der Waals surface area contributed by atoms with Crippen LogP contribution in [0.15, 0.2) is 36.7 Å². The van der Waals surface area contributed by atoms with Crippen LogP contribution in [0.1, 0.15) is 0 Å². The molecule has 1 aliphatic heterocycles. The summed E-state index contributed by atoms with van der Waals surface area (Å²) in [5.41, 5.74) is 4.40. The van der Waals surface area contributed by atoms with Crippen LogP contribution in [0.2, 0.25) is 0 Å². The molecule has 22 heavy (non-hydrogen) atoms. The molecular formula is C17H20N4O. The zero-order chi connectivity index (χ0) is 15.1. The molecule has 0 bridgehead atoms. The number of nitrogens with zero attached hydrogens (tertiary/aromatic N) is 4. The second-order valence-electron chi connectivity index (χ2n) is 5.83. The summed E-state index contributed by atoms with van der Waals surface area (Å²) in [6.45, 7) is 4.28. The van der Waals surface area contributed by atoms with E-state index in [0.717, 1.165) is 48.5 Å². The van der Waals surface area contributed by atoms with E-state index >= 15 is 0 Å². The average Bonchev–Trinajstić information content (AvgIpc) is 2.98. The summed E-state index contributed by atoms with van der Waals surface area (Å²) < 4.78 is 7.55. The Bertz CT molecular complexity index is 818. The SMILES string of the molecule is COc1ccn2c1cnc1c(N3CCN(C)CC3)cccc12. The minimum absolute atomic E-state index is 0.861. The van der Waals surface area contributed by atoms with Crippen LogP contribution in [0.3, 0.4) is 0 Å². The number of hydrogen-bond donors (Lipinski definition) is 0. The molecule has 114 valence electrons. The molecule has 3 heterocycles. The predicted octanol–water partition coefficient (Wildman–Crippen LogP) is 2.25. The molecule has 1 fully saturated rings. The number of ether oxygens (including phenoxy) is 1. The van der Waals surface area contributed by atoms with E-state index in [-0.39, 0.29) is 0 Å². The number of benzene rings is 1. The number of fused-ring (bicyclic) bond motifs is 3. The van der Waals surface area contributed by atoms with Crippen molar-refractivity contribution in [1.82, 2.24) is 14.3 Å². The van der Waals surface area contributed by atoms with Crippen LogP contribution in [0.5, 0.6) is 5.75 Å². The molecule has 0 radical (unpaired) electrons. The van der Waals surface area contributed by atoms with Crippen LogP contribution in [0.4, 0.5) is 5.69 Å². The summed E-state index contributed by atoms with van der Waals surface area (Å²) in [4.78, 5) is 9.53. The Hall–Kier alpha value is -2.27. The Morgan fingerprint density at radius 2 is 1.86 bits per heavy atom. The third-order valence-electron chi connectivity index (χ3n) is 4.52. The van der Waals surface area contributed by atoms with Gasteiger partial charge in [0.15, 0.2) is 0 Å². The summed E-state index contributed by atoms with van der Waals surface area (Å²) in [7, 11) is 3.87. The van der Waals surface area contributed by atoms with Gasteiger partial charge in [-0.15, -0.1) is 0 Å². The lowest BCUT2D eigenvalue weighted by atomic mass is 10.2. The largest absolute Gasteiger partial charge is 0.494 e. The van der Waals surface area contributed by atoms with Crippen molar-refractivity contribution in [1.29, 1.82) is 0 Å². The van der Waals surface area contributed by atoms with Gasteiger partial charge in [0, 0.05) is 32.4 Å². The molecule has 3 aromatic rings. The molecule has 2 aromatic heterocycles. The van der Waals surface area contributed by atoms with Gasteiger partial charge < -0.3 is 18.9 Å². The Labute approximate surface area is 129 Å². The van der Waals surface area contributed by atoms with E-state index in [1.54, 1.807) is 7.11 Å². The maximum atomic E-state index is 5.40. The van der Waals surface area contributed by atoms with Crippen LogP contribution in [0, 0.1) is 0 Å². The second-order valence-corrected chi connectivity index (χ2v) is 5.83. The highest BCUT2D eigenvalue weighted by Crippen LogP contribution is 2.29. The van der Waals surface area contributed by atoms with Gasteiger partial charge in [0.25, 0.3) is 0 Å². The number of anilines is 1. The molecule has 0 amide bonds. The van der Waals surface area contributed by atoms with Gasteiger partial charge in [0.1, 0.15) is 16.8 Å². The quantitative estimate of drug-likeness (QED) is 0.726. The van der Waals surface area contributed by atoms with Gasteiger partial charge in [-0.1, -0.05) is 6.07 Å². The summed E-state index contributed by atoms with van der Waals surface area (Å²) in [5.74, 6) is 0.861. The number of piperazine rings is 1. The molecule has 1 aliphatic rings. The number of hydrogen-bond acceptors (Lipinski definition) is 4. The lowest BCUT2D eigenvalue weighted by Gasteiger charge is -2.34. The molecular weight excluding hydrogens is 276 g/mol. The number of methoxy groups -OCH3 is 1. The topological polar surface area (TPSA) is 33.0 Å². The first-order valence-electron chi connectivity index (χ1n) is 7.64. The van der Waals surface area contributed by atoms with Crippen molar-refractivity contribution < 1.29 is 4.74 Å². The Morgan fingerprint density at radius 3 is 2.64 bits per heavy atom. The maximum absolute atomic E-state index is 5.40. The lowest BCUT2D eigenvalue weighted by Crippen LogP contribution is -2.44. The highest BCUT2D eigenvalue weighted by atomic mass is 16.5. The molecule has 0 atom stereocenters. The van der Waals surface area contributed by atoms with Gasteiger partial charge in [-0.25, -0.2) is 0 Å². The maximum Gasteiger partial charge on any atom is 0.145 e. The fourth-order valence-electron chi connectivity index (χ4n) is 3.21. The molecule has 4 rings (SSSR count). The van der Waals surface area contributed by atoms with Crippen molar-refractivity contribution in [3.8, 4) is 5.75 Å². The zero-order valence-electron chi connectivity index (χ0n) is 13.0. The standard InChI is InChI=1S/C17H20N4O/c1-19-8-10-20(11-9-19)13-4-3-5-14-17(13)18-12-15-16(22-2)6-7-21(14)15/h3-7,12H,8-11H2,1-2H3. The first-order chi connectivity index (χ1) is 10.8. The van der Waals surface area contributed by atoms with E-state index < -0.39 is 0 Å². The van der Waals surface area contributed by atoms with Crippen molar-refractivity contribution in [3.05, 3.63) is 36.7 Å². The molecule has 0 saturated carbocycles. The van der Waals surface area contributed by atoms with Crippen molar-refractivity contribution in [2.45, 2.75) is 0 Å². The van der Waals surface area contributed by atoms with Crippen molar-refractivity contribution in [2.75, 3.05) is 45.2 Å². The minimum atomic E-state index is 0.861. The van der Waals surface area contributed by atoms with Gasteiger partial charge in [0.05, 0.1) is 24.5 Å². The van der Waals surface area contributed by atoms with Crippen LogP contribution in [-0.4, -0.2) is 54.6 Å². The molecule has 0 aliphatic carbocycles. The van der Waals surface area contributed by atoms with E-state index in [2.05, 4.69) is 39.4 Å². The summed E-state index contributed by atoms with van der Waals surface area (Å²) in [5, 5.41) is 0. The van der Waals surface area contributed by atoms with Gasteiger partial charge in [-0.2, -0.15) is 0 Å². The normalized spacial score (nSPS) is 16.5. The van der Waals surface area contributed by atoms with Gasteiger partial charge in [-0.05, 0) is 25.2 Å². The number of rotatable bonds is 2. The first kappa shape index (κ1) is 13.4. The van der Waals surface area contributed by atoms with Crippen LogP contribution >= 0.6 is 0 Å². The fraction of sp³-hybridized carbons (Fsp3) is 0.353. The second kappa shape index (κ2) is 5.18. The third kappa shape index (κ3) is 2.01. The number of para-hydroxylation sites is 1. The zero-order valence-corrected chi connectivity index (χ0v) is 13.0. The summed E-state index contributed by atoms with van der Waals surface area (Å²) in [6, 6.07) is 8.39. The molecule has 0 spiro atoms. The van der Waals surface area contributed by atoms with E-state index in [0.29, 0.717) is 0 Å². The molecule has 1 aromatic carbocycles. The number of aromatic nitrogens is 2. The summed E-state index contributed by atoms with van der Waals surface area (Å²) >= 11 is 0. The van der Waals surface area contributed by atoms with Crippen LogP contribution in [-0.2, 0) is 0 Å². The number of likely N-dealkylation sites (N-methyl/N-ethyl adjacent to an activating group) is 1. The van der Waals surface area contributed by atoms with Gasteiger partial charge in [0.2, 0.25) is 0 Å². The van der Waals surface area contributed by atoms with Gasteiger partial charge >= 0.3 is 0 Å². The fourth-order valence-corrected chi connectivity index (χ4v) is 3.21. The van der Waals surface area contributed by atoms with Crippen molar-refractivity contribution in [2.24, 2.45) is 0 Å². The summed E-state index contributed by atoms with van der Waals surface area (Å²) in [6.07, 6.45) is 3.95. The van der Waals surface area contributed by atoms with Crippen LogP contribution < -0.4 is 9.64 Å². The monoisotopic (exact) mass is 296 g/mol. The molecule has 5 heteroatoms. The molecule has 1 saturated heterocycles. The highest BCUT2D eigenvalue weighted by Gasteiger charge is 2.18. The van der Waals surface area contributed by atoms with Gasteiger partial charge in [-0.3, -0.25) is 4.98 Å². The molecule has 5 nitrogen and oxygen atoms in total. The van der Waals surface area contributed by atoms with E-state index in [1.165, 1.54) is 5.69 Å². The Morgan fingerprint density at radius 1 is 1.05 bits per heavy atom. The Balaban J connectivity index is 1.86. The van der Waals surface area contributed by atoms with Crippen molar-refractivity contribution >= 4 is 22.2 Å². The Kier molecular flexibility index (Phi) is 3.15. The van der Waals surface area contributed by atoms with Crippen LogP contribution in [0.25, 0.3) is 16.6 Å². The average molecular weight is 296 g/mol. The minimum Gasteiger partial charge on any atom is -0.494 e. The first-order valence-corrected chi connectivity index (χ1v) is 7.64. The highest BCUT2D eigenvalue weighted by molar-refractivity contribution is 5.91. The van der Waals surface area contributed by atoms with E-state index in [1.807, 2.05) is 18.5 Å². The predicted molar refractivity (Wildman–Crippen MR) is 89.0 cm³/mol.